The number of carbonyl (C=O) groups is 1. The zero-order valence-electron chi connectivity index (χ0n) is 18.2. The molecule has 1 amide bonds. The molecule has 1 aliphatic heterocycles. The number of benzene rings is 1. The van der Waals surface area contributed by atoms with Crippen LogP contribution in [0.1, 0.15) is 60.1 Å². The molecule has 1 unspecified atom stereocenters. The molecule has 0 spiro atoms. The highest BCUT2D eigenvalue weighted by Gasteiger charge is 2.72. The maximum atomic E-state index is 11.8. The number of hydrogen-bond donors (Lipinski definition) is 1. The summed E-state index contributed by atoms with van der Waals surface area (Å²) >= 11 is 0. The minimum absolute atomic E-state index is 0.332. The van der Waals surface area contributed by atoms with E-state index < -0.39 is 5.91 Å². The van der Waals surface area contributed by atoms with Gasteiger partial charge in [-0.25, -0.2) is 0 Å². The van der Waals surface area contributed by atoms with Gasteiger partial charge in [0.25, 0.3) is 5.91 Å². The number of pyridine rings is 1. The van der Waals surface area contributed by atoms with E-state index in [1.807, 2.05) is 19.2 Å². The molecule has 1 saturated heterocycles. The Morgan fingerprint density at radius 3 is 2.35 bits per heavy atom. The number of primary amides is 1. The number of likely N-dealkylation sites (tertiary alicyclic amines) is 1. The van der Waals surface area contributed by atoms with E-state index in [0.717, 1.165) is 31.5 Å². The van der Waals surface area contributed by atoms with Gasteiger partial charge in [0.1, 0.15) is 11.3 Å². The zero-order valence-corrected chi connectivity index (χ0v) is 18.2. The summed E-state index contributed by atoms with van der Waals surface area (Å²) in [6.07, 6.45) is 9.18. The Kier molecular flexibility index (Phi) is 4.16. The molecule has 5 aliphatic rings. The van der Waals surface area contributed by atoms with Gasteiger partial charge in [0.05, 0.1) is 0 Å². The molecule has 5 nitrogen and oxygen atoms in total. The number of aromatic nitrogens is 1. The second-order valence-corrected chi connectivity index (χ2v) is 10.4. The third-order valence-electron chi connectivity index (χ3n) is 9.06. The normalized spacial score (nSPS) is 38.7. The van der Waals surface area contributed by atoms with E-state index in [0.29, 0.717) is 28.5 Å². The molecule has 5 heteroatoms. The molecule has 7 rings (SSSR count). The van der Waals surface area contributed by atoms with Crippen molar-refractivity contribution in [1.29, 1.82) is 0 Å². The molecular weight excluding hydrogens is 386 g/mol. The fourth-order valence-corrected chi connectivity index (χ4v) is 7.72. The molecule has 162 valence electrons. The van der Waals surface area contributed by atoms with Crippen molar-refractivity contribution in [3.63, 3.8) is 0 Å². The SMILES string of the molecule is COC1(c2ccnc(C(N)=O)c2)[C@@H]2CCC[C@H]1CN(C13CC(c4ccccc4)(C1)C3)C2. The molecule has 31 heavy (non-hydrogen) atoms. The van der Waals surface area contributed by atoms with Crippen LogP contribution in [0, 0.1) is 11.8 Å². The van der Waals surface area contributed by atoms with Crippen molar-refractivity contribution in [2.45, 2.75) is 55.1 Å². The number of carbonyl (C=O) groups excluding carboxylic acids is 1. The van der Waals surface area contributed by atoms with E-state index in [4.69, 9.17) is 10.5 Å². The van der Waals surface area contributed by atoms with E-state index in [-0.39, 0.29) is 5.60 Å². The van der Waals surface area contributed by atoms with Gasteiger partial charge in [0.15, 0.2) is 0 Å². The maximum Gasteiger partial charge on any atom is 0.267 e. The van der Waals surface area contributed by atoms with Crippen LogP contribution in [0.4, 0.5) is 0 Å². The van der Waals surface area contributed by atoms with Crippen LogP contribution in [-0.2, 0) is 15.8 Å². The van der Waals surface area contributed by atoms with E-state index in [2.05, 4.69) is 40.2 Å². The van der Waals surface area contributed by atoms with E-state index >= 15 is 0 Å². The number of ether oxygens (including phenoxy) is 1. The van der Waals surface area contributed by atoms with Crippen molar-refractivity contribution in [1.82, 2.24) is 9.88 Å². The molecule has 2 aromatic rings. The first-order valence-electron chi connectivity index (χ1n) is 11.6. The minimum atomic E-state index is -0.476. The fourth-order valence-electron chi connectivity index (χ4n) is 7.72. The summed E-state index contributed by atoms with van der Waals surface area (Å²) in [7, 11) is 1.84. The Hall–Kier alpha value is -2.24. The molecule has 2 heterocycles. The minimum Gasteiger partial charge on any atom is -0.373 e. The third-order valence-corrected chi connectivity index (χ3v) is 9.06. The molecule has 4 saturated carbocycles. The largest absolute Gasteiger partial charge is 0.373 e. The molecule has 5 fully saturated rings. The highest BCUT2D eigenvalue weighted by molar-refractivity contribution is 5.90. The number of nitrogens with two attached hydrogens (primary N) is 1. The third kappa shape index (κ3) is 2.56. The first kappa shape index (κ1) is 19.4. The van der Waals surface area contributed by atoms with Gasteiger partial charge in [-0.05, 0) is 55.4 Å². The number of fused-ring (bicyclic) bond motifs is 2. The number of hydrogen-bond acceptors (Lipinski definition) is 4. The fraction of sp³-hybridized carbons (Fsp3) is 0.538. The van der Waals surface area contributed by atoms with Gasteiger partial charge in [-0.1, -0.05) is 36.8 Å². The predicted molar refractivity (Wildman–Crippen MR) is 119 cm³/mol. The van der Waals surface area contributed by atoms with Crippen LogP contribution in [0.5, 0.6) is 0 Å². The lowest BCUT2D eigenvalue weighted by molar-refractivity contribution is -0.236. The van der Waals surface area contributed by atoms with Crippen molar-refractivity contribution in [3.8, 4) is 0 Å². The first-order valence-corrected chi connectivity index (χ1v) is 11.6. The molecule has 1 aromatic carbocycles. The van der Waals surface area contributed by atoms with Gasteiger partial charge < -0.3 is 10.5 Å². The zero-order chi connectivity index (χ0) is 21.3. The van der Waals surface area contributed by atoms with Gasteiger partial charge in [-0.15, -0.1) is 0 Å². The average molecular weight is 418 g/mol. The van der Waals surface area contributed by atoms with Crippen molar-refractivity contribution >= 4 is 5.91 Å². The van der Waals surface area contributed by atoms with Gasteiger partial charge in [0, 0.05) is 49.2 Å². The van der Waals surface area contributed by atoms with E-state index in [9.17, 15) is 4.79 Å². The molecule has 4 bridgehead atoms. The summed E-state index contributed by atoms with van der Waals surface area (Å²) in [6, 6.07) is 15.0. The van der Waals surface area contributed by atoms with Gasteiger partial charge in [-0.2, -0.15) is 0 Å². The summed E-state index contributed by atoms with van der Waals surface area (Å²) in [6.45, 7) is 2.15. The van der Waals surface area contributed by atoms with Crippen LogP contribution in [-0.4, -0.2) is 41.5 Å². The van der Waals surface area contributed by atoms with Crippen LogP contribution < -0.4 is 5.73 Å². The maximum absolute atomic E-state index is 11.8. The summed E-state index contributed by atoms with van der Waals surface area (Å²) in [5.74, 6) is 0.375. The Balaban J connectivity index is 1.27. The molecule has 1 aromatic heterocycles. The van der Waals surface area contributed by atoms with Crippen molar-refractivity contribution in [2.75, 3.05) is 20.2 Å². The number of rotatable bonds is 5. The van der Waals surface area contributed by atoms with Gasteiger partial charge in [0.2, 0.25) is 0 Å². The molecule has 3 atom stereocenters. The molecule has 0 radical (unpaired) electrons. The summed E-state index contributed by atoms with van der Waals surface area (Å²) in [5.41, 5.74) is 8.93. The lowest BCUT2D eigenvalue weighted by atomic mass is 9.36. The lowest BCUT2D eigenvalue weighted by Gasteiger charge is -2.76. The standard InChI is InChI=1S/C26H31N3O2/c1-31-26(19-10-11-28-22(12-19)23(27)30)20-8-5-9-21(26)14-29(13-20)25-15-24(16-25,17-25)18-6-3-2-4-7-18/h2-4,6-7,10-12,20-21H,5,8-9,13-17H2,1H3,(H2,27,30)/t20-,21+,24?,25?,26?. The smallest absolute Gasteiger partial charge is 0.267 e. The number of nitrogens with zero attached hydrogens (tertiary/aromatic N) is 2. The van der Waals surface area contributed by atoms with Crippen LogP contribution in [0.25, 0.3) is 0 Å². The van der Waals surface area contributed by atoms with Gasteiger partial charge in [-0.3, -0.25) is 14.7 Å². The monoisotopic (exact) mass is 417 g/mol. The van der Waals surface area contributed by atoms with Crippen molar-refractivity contribution in [2.24, 2.45) is 17.6 Å². The molecular formula is C26H31N3O2. The van der Waals surface area contributed by atoms with E-state index in [1.54, 1.807) is 6.20 Å². The summed E-state index contributed by atoms with van der Waals surface area (Å²) in [4.78, 5) is 18.7. The molecule has 4 aliphatic carbocycles. The van der Waals surface area contributed by atoms with E-state index in [1.165, 1.54) is 31.2 Å². The molecule has 2 N–H and O–H groups in total. The highest BCUT2D eigenvalue weighted by Crippen LogP contribution is 2.71. The van der Waals surface area contributed by atoms with Crippen LogP contribution in [0.3, 0.4) is 0 Å². The van der Waals surface area contributed by atoms with Crippen LogP contribution >= 0.6 is 0 Å². The van der Waals surface area contributed by atoms with Crippen LogP contribution in [0.15, 0.2) is 48.7 Å². The Bertz CT molecular complexity index is 987. The highest BCUT2D eigenvalue weighted by atomic mass is 16.5. The van der Waals surface area contributed by atoms with Crippen molar-refractivity contribution in [3.05, 3.63) is 65.5 Å². The van der Waals surface area contributed by atoms with Crippen LogP contribution in [0.2, 0.25) is 0 Å². The predicted octanol–water partition coefficient (Wildman–Crippen LogP) is 3.63. The summed E-state index contributed by atoms with van der Waals surface area (Å²) in [5, 5.41) is 0. The first-order chi connectivity index (χ1) is 15.0. The second-order valence-electron chi connectivity index (χ2n) is 10.4. The van der Waals surface area contributed by atoms with Gasteiger partial charge >= 0.3 is 0 Å². The number of methoxy groups -OCH3 is 1. The Morgan fingerprint density at radius 1 is 1.06 bits per heavy atom. The average Bonchev–Trinajstić information content (AvgIpc) is 2.72. The Labute approximate surface area is 184 Å². The number of amides is 1. The topological polar surface area (TPSA) is 68.5 Å². The number of piperidine rings is 1. The lowest BCUT2D eigenvalue weighted by Crippen LogP contribution is -2.79. The second kappa shape index (κ2) is 6.63. The quantitative estimate of drug-likeness (QED) is 0.807. The van der Waals surface area contributed by atoms with Crippen molar-refractivity contribution < 1.29 is 9.53 Å². The summed E-state index contributed by atoms with van der Waals surface area (Å²) < 4.78 is 6.37. The Morgan fingerprint density at radius 2 is 1.74 bits per heavy atom.